The number of hydrogen-bond acceptors (Lipinski definition) is 10. The van der Waals surface area contributed by atoms with E-state index in [1.165, 1.54) is 0 Å². The molecule has 0 aromatic heterocycles. The third-order valence-electron chi connectivity index (χ3n) is 5.55. The normalized spacial score (nSPS) is 43.1. The Labute approximate surface area is 168 Å². The van der Waals surface area contributed by atoms with E-state index in [9.17, 15) is 30.6 Å². The second-order valence-electron chi connectivity index (χ2n) is 7.79. The SMILES string of the molecule is Cc1ccc(N[C@H]2O[C@@H](C)[C@@H](O)[C@@H](O)[C@H]2O)cc1N[C@H]1O[C@@H](C)[C@@H](O)[C@@H](O)[C@H]1O. The Morgan fingerprint density at radius 2 is 1.17 bits per heavy atom. The van der Waals surface area contributed by atoms with Gasteiger partial charge in [-0.25, -0.2) is 0 Å². The smallest absolute Gasteiger partial charge is 0.157 e. The number of nitrogens with one attached hydrogen (secondary N) is 2. The molecule has 8 N–H and O–H groups in total. The van der Waals surface area contributed by atoms with Gasteiger partial charge < -0.3 is 50.7 Å². The van der Waals surface area contributed by atoms with Gasteiger partial charge in [0.25, 0.3) is 0 Å². The second kappa shape index (κ2) is 8.70. The average Bonchev–Trinajstić information content (AvgIpc) is 2.69. The maximum Gasteiger partial charge on any atom is 0.157 e. The summed E-state index contributed by atoms with van der Waals surface area (Å²) in [6, 6.07) is 5.24. The van der Waals surface area contributed by atoms with E-state index < -0.39 is 61.3 Å². The fraction of sp³-hybridized carbons (Fsp3) is 0.684. The van der Waals surface area contributed by atoms with Crippen LogP contribution in [0.25, 0.3) is 0 Å². The van der Waals surface area contributed by atoms with Crippen LogP contribution in [0.15, 0.2) is 18.2 Å². The number of aryl methyl sites for hydroxylation is 1. The Hall–Kier alpha value is -1.50. The molecule has 3 rings (SSSR count). The number of aliphatic hydroxyl groups is 6. The lowest BCUT2D eigenvalue weighted by Gasteiger charge is -2.40. The molecule has 10 nitrogen and oxygen atoms in total. The highest BCUT2D eigenvalue weighted by atomic mass is 16.6. The van der Waals surface area contributed by atoms with Gasteiger partial charge in [-0.2, -0.15) is 0 Å². The zero-order valence-corrected chi connectivity index (χ0v) is 16.5. The van der Waals surface area contributed by atoms with Crippen LogP contribution in [0.1, 0.15) is 19.4 Å². The van der Waals surface area contributed by atoms with Crippen molar-refractivity contribution in [2.75, 3.05) is 10.6 Å². The minimum atomic E-state index is -1.35. The topological polar surface area (TPSA) is 164 Å². The van der Waals surface area contributed by atoms with Crippen LogP contribution >= 0.6 is 0 Å². The molecular formula is C19H30N2O8. The van der Waals surface area contributed by atoms with Crippen molar-refractivity contribution in [3.63, 3.8) is 0 Å². The van der Waals surface area contributed by atoms with E-state index in [4.69, 9.17) is 9.47 Å². The van der Waals surface area contributed by atoms with E-state index >= 15 is 0 Å². The van der Waals surface area contributed by atoms with Gasteiger partial charge in [0.1, 0.15) is 36.6 Å². The first-order valence-corrected chi connectivity index (χ1v) is 9.63. The standard InChI is InChI=1S/C19H30N2O8/c1-7-4-5-10(20-18-16(26)14(24)12(22)8(2)28-18)6-11(7)21-19-17(27)15(25)13(23)9(3)29-19/h4-6,8-9,12-27H,1-3H3/t8-,9-,12+,13+,14+,15+,16+,17+,18-,19-/m0/s1. The molecule has 2 heterocycles. The molecule has 0 radical (unpaired) electrons. The van der Waals surface area contributed by atoms with Crippen LogP contribution in [-0.2, 0) is 9.47 Å². The number of aliphatic hydroxyl groups excluding tert-OH is 6. The van der Waals surface area contributed by atoms with Crippen LogP contribution in [0.5, 0.6) is 0 Å². The number of rotatable bonds is 4. The van der Waals surface area contributed by atoms with Crippen LogP contribution in [-0.4, -0.2) is 91.9 Å². The quantitative estimate of drug-likeness (QED) is 0.290. The molecule has 2 saturated heterocycles. The Balaban J connectivity index is 1.73. The molecular weight excluding hydrogens is 384 g/mol. The fourth-order valence-corrected chi connectivity index (χ4v) is 3.53. The van der Waals surface area contributed by atoms with Crippen molar-refractivity contribution >= 4 is 11.4 Å². The minimum absolute atomic E-state index is 0.553. The number of hydrogen-bond donors (Lipinski definition) is 8. The third kappa shape index (κ3) is 4.49. The van der Waals surface area contributed by atoms with Gasteiger partial charge in [0.2, 0.25) is 0 Å². The lowest BCUT2D eigenvalue weighted by atomic mass is 9.98. The van der Waals surface area contributed by atoms with Crippen molar-refractivity contribution in [3.8, 4) is 0 Å². The Morgan fingerprint density at radius 1 is 0.690 bits per heavy atom. The number of benzene rings is 1. The van der Waals surface area contributed by atoms with Gasteiger partial charge in [-0.3, -0.25) is 0 Å². The molecule has 164 valence electrons. The molecule has 1 aromatic carbocycles. The van der Waals surface area contributed by atoms with E-state index in [0.29, 0.717) is 11.4 Å². The average molecular weight is 414 g/mol. The van der Waals surface area contributed by atoms with E-state index in [0.717, 1.165) is 5.56 Å². The lowest BCUT2D eigenvalue weighted by molar-refractivity contribution is -0.209. The van der Waals surface area contributed by atoms with Crippen molar-refractivity contribution < 1.29 is 40.1 Å². The summed E-state index contributed by atoms with van der Waals surface area (Å²) >= 11 is 0. The van der Waals surface area contributed by atoms with Crippen molar-refractivity contribution in [1.82, 2.24) is 0 Å². The summed E-state index contributed by atoms with van der Waals surface area (Å²) in [6.45, 7) is 5.03. The van der Waals surface area contributed by atoms with Crippen LogP contribution in [0.2, 0.25) is 0 Å². The van der Waals surface area contributed by atoms with Crippen LogP contribution < -0.4 is 10.6 Å². The van der Waals surface area contributed by atoms with E-state index in [2.05, 4.69) is 10.6 Å². The maximum atomic E-state index is 10.2. The highest BCUT2D eigenvalue weighted by Crippen LogP contribution is 2.28. The molecule has 29 heavy (non-hydrogen) atoms. The summed E-state index contributed by atoms with van der Waals surface area (Å²) in [5.74, 6) is 0. The number of anilines is 2. The third-order valence-corrected chi connectivity index (χ3v) is 5.55. The predicted octanol–water partition coefficient (Wildman–Crippen LogP) is -1.53. The van der Waals surface area contributed by atoms with Crippen LogP contribution in [0.3, 0.4) is 0 Å². The van der Waals surface area contributed by atoms with Gasteiger partial charge in [-0.1, -0.05) is 6.07 Å². The molecule has 2 fully saturated rings. The Morgan fingerprint density at radius 3 is 1.69 bits per heavy atom. The summed E-state index contributed by atoms with van der Waals surface area (Å²) < 4.78 is 11.1. The number of ether oxygens (including phenoxy) is 2. The first-order valence-electron chi connectivity index (χ1n) is 9.63. The monoisotopic (exact) mass is 414 g/mol. The van der Waals surface area contributed by atoms with Crippen LogP contribution in [0, 0.1) is 6.92 Å². The van der Waals surface area contributed by atoms with Crippen molar-refractivity contribution in [1.29, 1.82) is 0 Å². The minimum Gasteiger partial charge on any atom is -0.388 e. The highest BCUT2D eigenvalue weighted by molar-refractivity contribution is 5.61. The lowest BCUT2D eigenvalue weighted by Crippen LogP contribution is -2.59. The first kappa shape index (κ1) is 22.2. The van der Waals surface area contributed by atoms with Crippen LogP contribution in [0.4, 0.5) is 11.4 Å². The van der Waals surface area contributed by atoms with Gasteiger partial charge >= 0.3 is 0 Å². The molecule has 10 heteroatoms. The zero-order chi connectivity index (χ0) is 21.5. The Bertz CT molecular complexity index is 707. The summed E-state index contributed by atoms with van der Waals surface area (Å²) in [4.78, 5) is 0. The van der Waals surface area contributed by atoms with Gasteiger partial charge in [0.05, 0.1) is 12.2 Å². The zero-order valence-electron chi connectivity index (χ0n) is 16.5. The summed E-state index contributed by atoms with van der Waals surface area (Å²) in [5, 5.41) is 65.9. The molecule has 0 amide bonds. The predicted molar refractivity (Wildman–Crippen MR) is 103 cm³/mol. The van der Waals surface area contributed by atoms with Gasteiger partial charge in [0.15, 0.2) is 12.5 Å². The molecule has 2 aliphatic heterocycles. The maximum absolute atomic E-state index is 10.2. The first-order chi connectivity index (χ1) is 13.6. The second-order valence-corrected chi connectivity index (χ2v) is 7.79. The van der Waals surface area contributed by atoms with E-state index in [-0.39, 0.29) is 0 Å². The fourth-order valence-electron chi connectivity index (χ4n) is 3.53. The molecule has 10 atom stereocenters. The molecule has 2 aliphatic rings. The largest absolute Gasteiger partial charge is 0.388 e. The summed E-state index contributed by atoms with van der Waals surface area (Å²) in [7, 11) is 0. The van der Waals surface area contributed by atoms with Crippen molar-refractivity contribution in [2.24, 2.45) is 0 Å². The van der Waals surface area contributed by atoms with Gasteiger partial charge in [-0.05, 0) is 38.5 Å². The molecule has 1 aromatic rings. The van der Waals surface area contributed by atoms with E-state index in [1.807, 2.05) is 6.92 Å². The summed E-state index contributed by atoms with van der Waals surface area (Å²) in [6.07, 6.45) is -11.0. The van der Waals surface area contributed by atoms with Crippen molar-refractivity contribution in [3.05, 3.63) is 23.8 Å². The molecule has 0 unspecified atom stereocenters. The van der Waals surface area contributed by atoms with Gasteiger partial charge in [-0.15, -0.1) is 0 Å². The highest BCUT2D eigenvalue weighted by Gasteiger charge is 2.43. The van der Waals surface area contributed by atoms with Gasteiger partial charge in [0, 0.05) is 11.4 Å². The molecule has 0 saturated carbocycles. The molecule has 0 aliphatic carbocycles. The molecule has 0 spiro atoms. The van der Waals surface area contributed by atoms with Crippen molar-refractivity contribution in [2.45, 2.75) is 82.1 Å². The Kier molecular flexibility index (Phi) is 6.66. The summed E-state index contributed by atoms with van der Waals surface area (Å²) in [5.41, 5.74) is 1.97. The molecule has 0 bridgehead atoms. The van der Waals surface area contributed by atoms with E-state index in [1.54, 1.807) is 32.0 Å².